The fourth-order valence-corrected chi connectivity index (χ4v) is 2.64. The largest absolute Gasteiger partial charge is 0.357 e. The molecular formula is C15H19N3O3. The number of carbonyl (C=O) groups is 3. The molecule has 1 aliphatic heterocycles. The molecule has 2 atom stereocenters. The first kappa shape index (κ1) is 15.0. The Bertz CT molecular complexity index is 573. The van der Waals surface area contributed by atoms with Gasteiger partial charge in [-0.15, -0.1) is 0 Å². The lowest BCUT2D eigenvalue weighted by Gasteiger charge is -2.49. The topological polar surface area (TPSA) is 78.5 Å². The molecular weight excluding hydrogens is 270 g/mol. The van der Waals surface area contributed by atoms with Gasteiger partial charge < -0.3 is 15.5 Å². The molecule has 0 saturated carbocycles. The third-order valence-corrected chi connectivity index (χ3v) is 3.59. The molecule has 1 aromatic rings. The fourth-order valence-electron chi connectivity index (χ4n) is 2.64. The summed E-state index contributed by atoms with van der Waals surface area (Å²) in [6.45, 7) is 3.34. The Morgan fingerprint density at radius 1 is 1.29 bits per heavy atom. The summed E-state index contributed by atoms with van der Waals surface area (Å²) in [7, 11) is 1.54. The van der Waals surface area contributed by atoms with Crippen LogP contribution >= 0.6 is 0 Å². The van der Waals surface area contributed by atoms with E-state index in [1.54, 1.807) is 19.1 Å². The van der Waals surface area contributed by atoms with Crippen LogP contribution in [-0.4, -0.2) is 41.8 Å². The first-order chi connectivity index (χ1) is 9.89. The number of likely N-dealkylation sites (N-methyl/N-ethyl adjacent to an activating group) is 1. The smallest absolute Gasteiger partial charge is 0.250 e. The van der Waals surface area contributed by atoms with Crippen LogP contribution < -0.4 is 10.6 Å². The van der Waals surface area contributed by atoms with Crippen LogP contribution in [-0.2, 0) is 14.4 Å². The van der Waals surface area contributed by atoms with Crippen molar-refractivity contribution in [3.63, 3.8) is 0 Å². The van der Waals surface area contributed by atoms with Crippen LogP contribution in [0.2, 0.25) is 0 Å². The van der Waals surface area contributed by atoms with Crippen LogP contribution in [0.25, 0.3) is 0 Å². The van der Waals surface area contributed by atoms with Gasteiger partial charge in [0.2, 0.25) is 11.8 Å². The number of β-lactam (4-membered cyclic amide) rings is 1. The zero-order valence-electron chi connectivity index (χ0n) is 12.3. The summed E-state index contributed by atoms with van der Waals surface area (Å²) in [4.78, 5) is 37.2. The highest BCUT2D eigenvalue weighted by Gasteiger charge is 2.53. The minimum absolute atomic E-state index is 0.251. The van der Waals surface area contributed by atoms with E-state index in [4.69, 9.17) is 0 Å². The van der Waals surface area contributed by atoms with Crippen molar-refractivity contribution in [3.8, 4) is 0 Å². The van der Waals surface area contributed by atoms with Crippen molar-refractivity contribution in [1.29, 1.82) is 0 Å². The third-order valence-electron chi connectivity index (χ3n) is 3.59. The second kappa shape index (κ2) is 5.55. The maximum atomic E-state index is 12.4. The van der Waals surface area contributed by atoms with Crippen molar-refractivity contribution in [2.45, 2.75) is 25.4 Å². The van der Waals surface area contributed by atoms with Gasteiger partial charge in [0, 0.05) is 14.0 Å². The zero-order valence-corrected chi connectivity index (χ0v) is 12.3. The van der Waals surface area contributed by atoms with E-state index in [0.717, 1.165) is 5.56 Å². The maximum Gasteiger partial charge on any atom is 0.250 e. The predicted octanol–water partition coefficient (Wildman–Crippen LogP) is 0.211. The summed E-state index contributed by atoms with van der Waals surface area (Å²) in [6.07, 6.45) is 0. The van der Waals surface area contributed by atoms with Gasteiger partial charge in [0.1, 0.15) is 11.6 Å². The van der Waals surface area contributed by atoms with Gasteiger partial charge in [0.05, 0.1) is 6.54 Å². The Kier molecular flexibility index (Phi) is 3.97. The molecule has 0 bridgehead atoms. The molecule has 0 spiro atoms. The summed E-state index contributed by atoms with van der Waals surface area (Å²) >= 11 is 0. The van der Waals surface area contributed by atoms with Crippen LogP contribution in [0.1, 0.15) is 25.5 Å². The molecule has 0 radical (unpaired) electrons. The first-order valence-electron chi connectivity index (χ1n) is 6.75. The van der Waals surface area contributed by atoms with E-state index in [-0.39, 0.29) is 17.7 Å². The highest BCUT2D eigenvalue weighted by atomic mass is 16.2. The molecule has 6 heteroatoms. The first-order valence-corrected chi connectivity index (χ1v) is 6.75. The number of nitrogens with zero attached hydrogens (tertiary/aromatic N) is 1. The van der Waals surface area contributed by atoms with Crippen LogP contribution in [0.4, 0.5) is 0 Å². The van der Waals surface area contributed by atoms with Gasteiger partial charge in [-0.25, -0.2) is 0 Å². The molecule has 3 amide bonds. The molecule has 1 heterocycles. The number of amides is 3. The molecule has 0 aliphatic carbocycles. The average Bonchev–Trinajstić information content (AvgIpc) is 2.46. The van der Waals surface area contributed by atoms with E-state index >= 15 is 0 Å². The summed E-state index contributed by atoms with van der Waals surface area (Å²) in [5.41, 5.74) is -0.178. The van der Waals surface area contributed by atoms with Gasteiger partial charge in [-0.3, -0.25) is 14.4 Å². The van der Waals surface area contributed by atoms with Crippen LogP contribution in [0, 0.1) is 0 Å². The normalized spacial score (nSPS) is 22.2. The monoisotopic (exact) mass is 289 g/mol. The summed E-state index contributed by atoms with van der Waals surface area (Å²) in [5, 5.41) is 5.22. The van der Waals surface area contributed by atoms with E-state index in [1.807, 2.05) is 18.2 Å². The molecule has 21 heavy (non-hydrogen) atoms. The molecule has 6 nitrogen and oxygen atoms in total. The molecule has 2 N–H and O–H groups in total. The number of rotatable bonds is 4. The van der Waals surface area contributed by atoms with Crippen molar-refractivity contribution < 1.29 is 14.4 Å². The van der Waals surface area contributed by atoms with Crippen molar-refractivity contribution in [1.82, 2.24) is 15.5 Å². The van der Waals surface area contributed by atoms with Gasteiger partial charge in [0.15, 0.2) is 0 Å². The number of hydrogen-bond donors (Lipinski definition) is 2. The molecule has 1 fully saturated rings. The predicted molar refractivity (Wildman–Crippen MR) is 77.2 cm³/mol. The van der Waals surface area contributed by atoms with E-state index in [2.05, 4.69) is 10.6 Å². The fraction of sp³-hybridized carbons (Fsp3) is 0.400. The SMILES string of the molecule is CNC(=O)[C@@H](c1ccccc1)N1C[C@@](C)(NC(C)=O)C1=O. The highest BCUT2D eigenvalue weighted by Crippen LogP contribution is 2.32. The lowest BCUT2D eigenvalue weighted by atomic mass is 9.87. The van der Waals surface area contributed by atoms with Gasteiger partial charge in [0.25, 0.3) is 5.91 Å². The van der Waals surface area contributed by atoms with E-state index < -0.39 is 11.6 Å². The molecule has 2 rings (SSSR count). The summed E-state index contributed by atoms with van der Waals surface area (Å²) in [5.74, 6) is -0.767. The molecule has 0 aromatic heterocycles. The highest BCUT2D eigenvalue weighted by molar-refractivity contribution is 5.99. The molecule has 1 saturated heterocycles. The van der Waals surface area contributed by atoms with Gasteiger partial charge in [-0.1, -0.05) is 30.3 Å². The number of nitrogens with one attached hydrogen (secondary N) is 2. The molecule has 1 aliphatic rings. The van der Waals surface area contributed by atoms with Crippen LogP contribution in [0.3, 0.4) is 0 Å². The molecule has 1 aromatic carbocycles. The van der Waals surface area contributed by atoms with Gasteiger partial charge in [-0.2, -0.15) is 0 Å². The molecule has 112 valence electrons. The minimum Gasteiger partial charge on any atom is -0.357 e. The van der Waals surface area contributed by atoms with Crippen molar-refractivity contribution in [3.05, 3.63) is 35.9 Å². The van der Waals surface area contributed by atoms with E-state index in [1.165, 1.54) is 18.9 Å². The lowest BCUT2D eigenvalue weighted by molar-refractivity contribution is -0.161. The van der Waals surface area contributed by atoms with Gasteiger partial charge in [-0.05, 0) is 12.5 Å². The third kappa shape index (κ3) is 2.74. The van der Waals surface area contributed by atoms with Crippen molar-refractivity contribution >= 4 is 17.7 Å². The Balaban J connectivity index is 2.24. The second-order valence-electron chi connectivity index (χ2n) is 5.37. The lowest BCUT2D eigenvalue weighted by Crippen LogP contribution is -2.73. The Labute approximate surface area is 123 Å². The van der Waals surface area contributed by atoms with Gasteiger partial charge >= 0.3 is 0 Å². The zero-order chi connectivity index (χ0) is 15.6. The minimum atomic E-state index is -0.924. The summed E-state index contributed by atoms with van der Waals surface area (Å²) < 4.78 is 0. The Morgan fingerprint density at radius 2 is 1.90 bits per heavy atom. The van der Waals surface area contributed by atoms with Crippen molar-refractivity contribution in [2.24, 2.45) is 0 Å². The number of likely N-dealkylation sites (tertiary alicyclic amines) is 1. The standard InChI is InChI=1S/C15H19N3O3/c1-10(19)17-15(2)9-18(14(15)21)12(13(20)16-3)11-7-5-4-6-8-11/h4-8,12H,9H2,1-3H3,(H,16,20)(H,17,19)/t12-,15-/m1/s1. The van der Waals surface area contributed by atoms with Crippen LogP contribution in [0.5, 0.6) is 0 Å². The maximum absolute atomic E-state index is 12.4. The number of benzene rings is 1. The van der Waals surface area contributed by atoms with E-state index in [0.29, 0.717) is 6.54 Å². The Morgan fingerprint density at radius 3 is 2.38 bits per heavy atom. The van der Waals surface area contributed by atoms with Crippen LogP contribution in [0.15, 0.2) is 30.3 Å². The second-order valence-corrected chi connectivity index (χ2v) is 5.37. The van der Waals surface area contributed by atoms with E-state index in [9.17, 15) is 14.4 Å². The average molecular weight is 289 g/mol. The summed E-state index contributed by atoms with van der Waals surface area (Å²) in [6, 6.07) is 8.43. The quantitative estimate of drug-likeness (QED) is 0.778. The number of carbonyl (C=O) groups excluding carboxylic acids is 3. The molecule has 0 unspecified atom stereocenters. The van der Waals surface area contributed by atoms with Crippen molar-refractivity contribution in [2.75, 3.05) is 13.6 Å². The number of hydrogen-bond acceptors (Lipinski definition) is 3. The Hall–Kier alpha value is -2.37.